The summed E-state index contributed by atoms with van der Waals surface area (Å²) in [5, 5.41) is 0.703. The Morgan fingerprint density at radius 3 is 3.18 bits per heavy atom. The van der Waals surface area contributed by atoms with Crippen molar-refractivity contribution < 1.29 is 9.21 Å². The lowest BCUT2D eigenvalue weighted by Crippen LogP contribution is -2.15. The first-order chi connectivity index (χ1) is 10.7. The number of carbonyl (C=O) groups is 1. The van der Waals surface area contributed by atoms with Gasteiger partial charge in [-0.15, -0.1) is 11.3 Å². The first-order valence-corrected chi connectivity index (χ1v) is 8.87. The second-order valence-electron chi connectivity index (χ2n) is 5.08. The molecule has 0 saturated heterocycles. The van der Waals surface area contributed by atoms with Gasteiger partial charge in [0.2, 0.25) is 5.78 Å². The lowest BCUT2D eigenvalue weighted by molar-refractivity contribution is 0.0964. The van der Waals surface area contributed by atoms with E-state index >= 15 is 0 Å². The summed E-state index contributed by atoms with van der Waals surface area (Å²) >= 11 is 3.44. The van der Waals surface area contributed by atoms with Crippen molar-refractivity contribution in [3.63, 3.8) is 0 Å². The molecule has 0 aliphatic carbocycles. The number of hydrogen-bond acceptors (Lipinski definition) is 6. The van der Waals surface area contributed by atoms with E-state index in [0.29, 0.717) is 11.2 Å². The highest BCUT2D eigenvalue weighted by atomic mass is 32.2. The number of thiophene rings is 1. The fourth-order valence-corrected chi connectivity index (χ4v) is 5.01. The van der Waals surface area contributed by atoms with Crippen molar-refractivity contribution in [3.8, 4) is 0 Å². The Morgan fingerprint density at radius 1 is 1.45 bits per heavy atom. The molecule has 0 bridgehead atoms. The molecule has 0 fully saturated rings. The summed E-state index contributed by atoms with van der Waals surface area (Å²) in [7, 11) is 0. The van der Waals surface area contributed by atoms with Gasteiger partial charge in [-0.3, -0.25) is 9.59 Å². The van der Waals surface area contributed by atoms with Crippen molar-refractivity contribution in [2.75, 3.05) is 5.75 Å². The van der Waals surface area contributed by atoms with E-state index in [0.717, 1.165) is 28.3 Å². The van der Waals surface area contributed by atoms with Crippen molar-refractivity contribution >= 4 is 39.1 Å². The average molecular weight is 332 g/mol. The molecular weight excluding hydrogens is 320 g/mol. The van der Waals surface area contributed by atoms with Crippen LogP contribution in [0.3, 0.4) is 0 Å². The zero-order chi connectivity index (χ0) is 15.1. The fourth-order valence-electron chi connectivity index (χ4n) is 2.64. The minimum Gasteiger partial charge on any atom is -0.461 e. The van der Waals surface area contributed by atoms with Crippen LogP contribution in [0.5, 0.6) is 0 Å². The van der Waals surface area contributed by atoms with E-state index in [9.17, 15) is 9.59 Å². The third-order valence-electron chi connectivity index (χ3n) is 3.65. The molecule has 22 heavy (non-hydrogen) atoms. The zero-order valence-electron chi connectivity index (χ0n) is 11.5. The number of hydrogen-bond donors (Lipinski definition) is 1. The number of fused-ring (bicyclic) bond motifs is 3. The van der Waals surface area contributed by atoms with Crippen LogP contribution in [0.4, 0.5) is 0 Å². The Hall–Kier alpha value is -1.86. The van der Waals surface area contributed by atoms with Gasteiger partial charge >= 0.3 is 0 Å². The molecule has 1 N–H and O–H groups in total. The number of aromatic amines is 1. The molecule has 0 radical (unpaired) electrons. The van der Waals surface area contributed by atoms with E-state index in [2.05, 4.69) is 9.97 Å². The number of aromatic nitrogens is 2. The predicted molar refractivity (Wildman–Crippen MR) is 86.8 cm³/mol. The summed E-state index contributed by atoms with van der Waals surface area (Å²) in [5.41, 5.74) is 0.994. The third-order valence-corrected chi connectivity index (χ3v) is 5.94. The van der Waals surface area contributed by atoms with E-state index in [-0.39, 0.29) is 23.5 Å². The van der Waals surface area contributed by atoms with Crippen LogP contribution in [0.15, 0.2) is 27.6 Å². The number of Topliss-reactive ketones (excluding diaryl/α,β-unsaturated/α-hetero) is 1. The van der Waals surface area contributed by atoms with E-state index in [1.54, 1.807) is 23.5 Å². The summed E-state index contributed by atoms with van der Waals surface area (Å²) < 4.78 is 5.08. The van der Waals surface area contributed by atoms with Gasteiger partial charge in [-0.25, -0.2) is 4.98 Å². The molecule has 0 saturated carbocycles. The molecule has 0 unspecified atom stereocenters. The number of carbonyl (C=O) groups excluding carboxylic acids is 1. The summed E-state index contributed by atoms with van der Waals surface area (Å²) in [6, 6.07) is 3.28. The van der Waals surface area contributed by atoms with Crippen molar-refractivity contribution in [1.82, 2.24) is 9.97 Å². The van der Waals surface area contributed by atoms with Crippen molar-refractivity contribution in [3.05, 3.63) is 50.8 Å². The van der Waals surface area contributed by atoms with Crippen molar-refractivity contribution in [1.29, 1.82) is 0 Å². The van der Waals surface area contributed by atoms with Crippen LogP contribution in [0.2, 0.25) is 0 Å². The number of thioether (sulfide) groups is 1. The molecule has 0 amide bonds. The maximum Gasteiger partial charge on any atom is 0.259 e. The van der Waals surface area contributed by atoms with Gasteiger partial charge < -0.3 is 9.40 Å². The predicted octanol–water partition coefficient (Wildman–Crippen LogP) is 2.79. The zero-order valence-corrected chi connectivity index (χ0v) is 13.2. The lowest BCUT2D eigenvalue weighted by atomic mass is 10.1. The largest absolute Gasteiger partial charge is 0.461 e. The van der Waals surface area contributed by atoms with Gasteiger partial charge in [-0.2, -0.15) is 11.8 Å². The standard InChI is InChI=1S/C15H12N2O3S2/c18-9(10-2-1-4-20-10)6-12-16-14(19)13-8-3-5-21-7-11(8)22-15(13)17-12/h1-2,4H,3,5-7H2,(H,16,17,19). The number of H-pyrrole nitrogens is 1. The van der Waals surface area contributed by atoms with E-state index in [1.165, 1.54) is 11.1 Å². The Morgan fingerprint density at radius 2 is 2.36 bits per heavy atom. The first kappa shape index (κ1) is 13.8. The average Bonchev–Trinajstić information content (AvgIpc) is 3.14. The number of furan rings is 1. The van der Waals surface area contributed by atoms with Gasteiger partial charge in [0.1, 0.15) is 10.7 Å². The van der Waals surface area contributed by atoms with Crippen LogP contribution in [0.1, 0.15) is 26.8 Å². The SMILES string of the molecule is O=C(Cc1nc2sc3c(c2c(=O)[nH]1)CCSC3)c1ccco1. The molecule has 5 nitrogen and oxygen atoms in total. The molecule has 0 spiro atoms. The van der Waals surface area contributed by atoms with Crippen LogP contribution in [0.25, 0.3) is 10.2 Å². The fraction of sp³-hybridized carbons (Fsp3) is 0.267. The number of ketones is 1. The monoisotopic (exact) mass is 332 g/mol. The molecule has 1 aliphatic rings. The number of rotatable bonds is 3. The van der Waals surface area contributed by atoms with Gasteiger partial charge in [0, 0.05) is 10.6 Å². The highest BCUT2D eigenvalue weighted by Crippen LogP contribution is 2.35. The molecule has 3 aromatic rings. The number of nitrogens with one attached hydrogen (secondary N) is 1. The van der Waals surface area contributed by atoms with E-state index < -0.39 is 0 Å². The van der Waals surface area contributed by atoms with Gasteiger partial charge in [-0.1, -0.05) is 0 Å². The Labute approximate surface area is 133 Å². The van der Waals surface area contributed by atoms with Crippen molar-refractivity contribution in [2.24, 2.45) is 0 Å². The molecule has 3 aromatic heterocycles. The smallest absolute Gasteiger partial charge is 0.259 e. The van der Waals surface area contributed by atoms with Crippen LogP contribution < -0.4 is 5.56 Å². The van der Waals surface area contributed by atoms with Gasteiger partial charge in [-0.05, 0) is 29.9 Å². The minimum absolute atomic E-state index is 0.0377. The molecule has 112 valence electrons. The highest BCUT2D eigenvalue weighted by molar-refractivity contribution is 7.98. The summed E-state index contributed by atoms with van der Waals surface area (Å²) in [5.74, 6) is 2.46. The second kappa shape index (κ2) is 5.40. The Bertz CT molecular complexity index is 909. The Kier molecular flexibility index (Phi) is 3.38. The van der Waals surface area contributed by atoms with Crippen LogP contribution in [0, 0.1) is 0 Å². The minimum atomic E-state index is -0.190. The molecule has 7 heteroatoms. The van der Waals surface area contributed by atoms with Gasteiger partial charge in [0.25, 0.3) is 5.56 Å². The Balaban J connectivity index is 1.74. The second-order valence-corrected chi connectivity index (χ2v) is 7.27. The normalized spacial score (nSPS) is 14.2. The number of aryl methyl sites for hydroxylation is 1. The molecule has 0 atom stereocenters. The highest BCUT2D eigenvalue weighted by Gasteiger charge is 2.21. The first-order valence-electron chi connectivity index (χ1n) is 6.90. The third kappa shape index (κ3) is 2.30. The molecule has 4 rings (SSSR count). The summed E-state index contributed by atoms with van der Waals surface area (Å²) in [4.78, 5) is 33.6. The topological polar surface area (TPSA) is 76.0 Å². The molecule has 1 aliphatic heterocycles. The quantitative estimate of drug-likeness (QED) is 0.746. The summed E-state index contributed by atoms with van der Waals surface area (Å²) in [6.07, 6.45) is 2.41. The van der Waals surface area contributed by atoms with Crippen molar-refractivity contribution in [2.45, 2.75) is 18.6 Å². The lowest BCUT2D eigenvalue weighted by Gasteiger charge is -2.09. The van der Waals surface area contributed by atoms with Crippen LogP contribution >= 0.6 is 23.1 Å². The molecule has 4 heterocycles. The summed E-state index contributed by atoms with van der Waals surface area (Å²) in [6.45, 7) is 0. The van der Waals surface area contributed by atoms with Gasteiger partial charge in [0.15, 0.2) is 5.76 Å². The molecular formula is C15H12N2O3S2. The van der Waals surface area contributed by atoms with E-state index in [4.69, 9.17) is 4.42 Å². The van der Waals surface area contributed by atoms with Crippen LogP contribution in [-0.2, 0) is 18.6 Å². The van der Waals surface area contributed by atoms with Crippen LogP contribution in [-0.4, -0.2) is 21.5 Å². The van der Waals surface area contributed by atoms with E-state index in [1.807, 2.05) is 11.8 Å². The maximum atomic E-state index is 12.4. The number of nitrogens with zero attached hydrogens (tertiary/aromatic N) is 1. The molecule has 0 aromatic carbocycles. The van der Waals surface area contributed by atoms with Gasteiger partial charge in [0.05, 0.1) is 18.1 Å². The maximum absolute atomic E-state index is 12.4.